The van der Waals surface area contributed by atoms with E-state index in [1.54, 1.807) is 27.9 Å². The van der Waals surface area contributed by atoms with Gasteiger partial charge in [-0.25, -0.2) is 4.79 Å². The van der Waals surface area contributed by atoms with Crippen molar-refractivity contribution in [2.45, 2.75) is 45.6 Å². The SMILES string of the molecule is COCCCNC(=O)CCCNC(=O)OC(C)(C)C. The van der Waals surface area contributed by atoms with E-state index in [9.17, 15) is 9.59 Å². The molecule has 0 radical (unpaired) electrons. The molecule has 0 unspecified atom stereocenters. The van der Waals surface area contributed by atoms with Crippen molar-refractivity contribution in [3.63, 3.8) is 0 Å². The number of alkyl carbamates (subject to hydrolysis) is 1. The maximum atomic E-state index is 11.4. The van der Waals surface area contributed by atoms with Gasteiger partial charge in [-0.05, 0) is 33.6 Å². The Kier molecular flexibility index (Phi) is 8.95. The number of methoxy groups -OCH3 is 1. The van der Waals surface area contributed by atoms with E-state index in [0.29, 0.717) is 32.5 Å². The number of rotatable bonds is 8. The smallest absolute Gasteiger partial charge is 0.407 e. The van der Waals surface area contributed by atoms with Gasteiger partial charge in [0.2, 0.25) is 5.91 Å². The molecule has 0 aliphatic heterocycles. The molecular formula is C13H26N2O4. The fourth-order valence-electron chi connectivity index (χ4n) is 1.29. The van der Waals surface area contributed by atoms with Crippen LogP contribution in [0.25, 0.3) is 0 Å². The van der Waals surface area contributed by atoms with Crippen molar-refractivity contribution in [1.82, 2.24) is 10.6 Å². The highest BCUT2D eigenvalue weighted by Crippen LogP contribution is 2.06. The third kappa shape index (κ3) is 12.9. The summed E-state index contributed by atoms with van der Waals surface area (Å²) < 4.78 is 9.95. The number of nitrogens with one attached hydrogen (secondary N) is 2. The lowest BCUT2D eigenvalue weighted by Gasteiger charge is -2.19. The van der Waals surface area contributed by atoms with Crippen molar-refractivity contribution in [1.29, 1.82) is 0 Å². The highest BCUT2D eigenvalue weighted by molar-refractivity contribution is 5.75. The van der Waals surface area contributed by atoms with Crippen molar-refractivity contribution in [2.75, 3.05) is 26.8 Å². The predicted octanol–water partition coefficient (Wildman–Crippen LogP) is 1.44. The molecule has 0 spiro atoms. The van der Waals surface area contributed by atoms with Crippen LogP contribution in [0.2, 0.25) is 0 Å². The summed E-state index contributed by atoms with van der Waals surface area (Å²) in [5, 5.41) is 5.39. The molecule has 0 heterocycles. The number of carbonyl (C=O) groups excluding carboxylic acids is 2. The zero-order chi connectivity index (χ0) is 14.7. The molecule has 2 N–H and O–H groups in total. The first-order valence-electron chi connectivity index (χ1n) is 6.57. The van der Waals surface area contributed by atoms with Gasteiger partial charge in [-0.15, -0.1) is 0 Å². The summed E-state index contributed by atoms with van der Waals surface area (Å²) in [6, 6.07) is 0. The van der Waals surface area contributed by atoms with Crippen LogP contribution in [0, 0.1) is 0 Å². The van der Waals surface area contributed by atoms with E-state index in [1.165, 1.54) is 0 Å². The van der Waals surface area contributed by atoms with Gasteiger partial charge in [0.15, 0.2) is 0 Å². The monoisotopic (exact) mass is 274 g/mol. The van der Waals surface area contributed by atoms with Crippen LogP contribution in [0.4, 0.5) is 4.79 Å². The van der Waals surface area contributed by atoms with Gasteiger partial charge in [-0.1, -0.05) is 0 Å². The van der Waals surface area contributed by atoms with E-state index >= 15 is 0 Å². The molecule has 0 bridgehead atoms. The van der Waals surface area contributed by atoms with Crippen molar-refractivity contribution in [3.8, 4) is 0 Å². The van der Waals surface area contributed by atoms with Crippen LogP contribution < -0.4 is 10.6 Å². The molecule has 0 fully saturated rings. The fourth-order valence-corrected chi connectivity index (χ4v) is 1.29. The highest BCUT2D eigenvalue weighted by atomic mass is 16.6. The third-order valence-corrected chi connectivity index (χ3v) is 2.10. The molecule has 0 aromatic carbocycles. The van der Waals surface area contributed by atoms with Crippen molar-refractivity contribution >= 4 is 12.0 Å². The maximum absolute atomic E-state index is 11.4. The normalized spacial score (nSPS) is 10.9. The second kappa shape index (κ2) is 9.61. The molecule has 6 heteroatoms. The predicted molar refractivity (Wildman–Crippen MR) is 73.0 cm³/mol. The third-order valence-electron chi connectivity index (χ3n) is 2.10. The summed E-state index contributed by atoms with van der Waals surface area (Å²) in [5.74, 6) is -0.0120. The standard InChI is InChI=1S/C13H26N2O4/c1-13(2,3)19-12(17)15-8-5-7-11(16)14-9-6-10-18-4/h5-10H2,1-4H3,(H,14,16)(H,15,17). The maximum Gasteiger partial charge on any atom is 0.407 e. The summed E-state index contributed by atoms with van der Waals surface area (Å²) in [6.45, 7) is 7.10. The van der Waals surface area contributed by atoms with E-state index in [0.717, 1.165) is 6.42 Å². The van der Waals surface area contributed by atoms with E-state index in [4.69, 9.17) is 9.47 Å². The first-order valence-corrected chi connectivity index (χ1v) is 6.57. The molecule has 2 amide bonds. The van der Waals surface area contributed by atoms with Crippen LogP contribution in [-0.2, 0) is 14.3 Å². The Hall–Kier alpha value is -1.30. The minimum atomic E-state index is -0.497. The lowest BCUT2D eigenvalue weighted by Crippen LogP contribution is -2.33. The van der Waals surface area contributed by atoms with Gasteiger partial charge in [-0.2, -0.15) is 0 Å². The molecular weight excluding hydrogens is 248 g/mol. The van der Waals surface area contributed by atoms with Crippen LogP contribution in [0.1, 0.15) is 40.0 Å². The van der Waals surface area contributed by atoms with E-state index in [2.05, 4.69) is 10.6 Å². The van der Waals surface area contributed by atoms with Crippen LogP contribution in [0.15, 0.2) is 0 Å². The molecule has 0 aromatic heterocycles. The van der Waals surface area contributed by atoms with Gasteiger partial charge in [0.1, 0.15) is 5.60 Å². The summed E-state index contributed by atoms with van der Waals surface area (Å²) in [6.07, 6.45) is 1.34. The van der Waals surface area contributed by atoms with Crippen LogP contribution in [-0.4, -0.2) is 44.4 Å². The zero-order valence-electron chi connectivity index (χ0n) is 12.4. The Morgan fingerprint density at radius 2 is 1.68 bits per heavy atom. The molecule has 0 aliphatic rings. The van der Waals surface area contributed by atoms with Crippen molar-refractivity contribution in [2.24, 2.45) is 0 Å². The van der Waals surface area contributed by atoms with E-state index < -0.39 is 11.7 Å². The molecule has 0 atom stereocenters. The second-order valence-electron chi connectivity index (χ2n) is 5.23. The van der Waals surface area contributed by atoms with E-state index in [-0.39, 0.29) is 5.91 Å². The summed E-state index contributed by atoms with van der Waals surface area (Å²) in [7, 11) is 1.63. The summed E-state index contributed by atoms with van der Waals surface area (Å²) >= 11 is 0. The minimum absolute atomic E-state index is 0.0120. The molecule has 0 aromatic rings. The molecule has 6 nitrogen and oxygen atoms in total. The number of amides is 2. The second-order valence-corrected chi connectivity index (χ2v) is 5.23. The van der Waals surface area contributed by atoms with Gasteiger partial charge >= 0.3 is 6.09 Å². The van der Waals surface area contributed by atoms with Gasteiger partial charge in [-0.3, -0.25) is 4.79 Å². The highest BCUT2D eigenvalue weighted by Gasteiger charge is 2.15. The molecule has 0 saturated carbocycles. The van der Waals surface area contributed by atoms with Gasteiger partial charge in [0.05, 0.1) is 0 Å². The molecule has 0 aliphatic carbocycles. The molecule has 0 saturated heterocycles. The lowest BCUT2D eigenvalue weighted by atomic mass is 10.2. The Labute approximate surface area is 115 Å². The first-order chi connectivity index (χ1) is 8.85. The lowest BCUT2D eigenvalue weighted by molar-refractivity contribution is -0.121. The average Bonchev–Trinajstić information content (AvgIpc) is 2.28. The summed E-state index contributed by atoms with van der Waals surface area (Å²) in [4.78, 5) is 22.7. The fraction of sp³-hybridized carbons (Fsp3) is 0.846. The Morgan fingerprint density at radius 1 is 1.05 bits per heavy atom. The number of ether oxygens (including phenoxy) is 2. The topological polar surface area (TPSA) is 76.7 Å². The van der Waals surface area contributed by atoms with E-state index in [1.807, 2.05) is 0 Å². The Balaban J connectivity index is 3.48. The largest absolute Gasteiger partial charge is 0.444 e. The van der Waals surface area contributed by atoms with Crippen LogP contribution >= 0.6 is 0 Å². The minimum Gasteiger partial charge on any atom is -0.444 e. The number of hydrogen-bond donors (Lipinski definition) is 2. The number of hydrogen-bond acceptors (Lipinski definition) is 4. The number of carbonyl (C=O) groups is 2. The van der Waals surface area contributed by atoms with Crippen LogP contribution in [0.3, 0.4) is 0 Å². The molecule has 112 valence electrons. The molecule has 19 heavy (non-hydrogen) atoms. The van der Waals surface area contributed by atoms with Gasteiger partial charge in [0, 0.05) is 33.2 Å². The quantitative estimate of drug-likeness (QED) is 0.657. The van der Waals surface area contributed by atoms with Gasteiger partial charge in [0.25, 0.3) is 0 Å². The molecule has 0 rings (SSSR count). The Bertz CT molecular complexity index is 274. The first kappa shape index (κ1) is 17.7. The Morgan fingerprint density at radius 3 is 2.26 bits per heavy atom. The average molecular weight is 274 g/mol. The zero-order valence-corrected chi connectivity index (χ0v) is 12.4. The van der Waals surface area contributed by atoms with Crippen molar-refractivity contribution < 1.29 is 19.1 Å². The summed E-state index contributed by atoms with van der Waals surface area (Å²) in [5.41, 5.74) is -0.497. The van der Waals surface area contributed by atoms with Gasteiger partial charge < -0.3 is 20.1 Å². The van der Waals surface area contributed by atoms with Crippen molar-refractivity contribution in [3.05, 3.63) is 0 Å². The van der Waals surface area contributed by atoms with Crippen LogP contribution in [0.5, 0.6) is 0 Å².